The summed E-state index contributed by atoms with van der Waals surface area (Å²) < 4.78 is 32.5. The first-order valence-electron chi connectivity index (χ1n) is 5.28. The van der Waals surface area contributed by atoms with Crippen molar-refractivity contribution in [1.29, 1.82) is 0 Å². The number of nitrogens with two attached hydrogens (primary N) is 1. The van der Waals surface area contributed by atoms with Crippen LogP contribution in [0.4, 0.5) is 14.5 Å². The molecule has 0 aliphatic rings. The Hall–Kier alpha value is -2.17. The lowest BCUT2D eigenvalue weighted by molar-refractivity contribution is 0.407. The van der Waals surface area contributed by atoms with Gasteiger partial charge < -0.3 is 10.5 Å². The number of ether oxygens (including phenoxy) is 1. The van der Waals surface area contributed by atoms with Crippen LogP contribution in [0.1, 0.15) is 5.56 Å². The molecular formula is C13H12F2N2O. The smallest absolute Gasteiger partial charge is 0.139 e. The standard InChI is InChI=1S/C13H12F2N2O/c1-7-3-11(16)13(17-6-7)12-9(14)4-8(18-2)5-10(12)15/h3-6H,16H2,1-2H3. The number of nitrogens with zero attached hydrogens (tertiary/aromatic N) is 1. The first-order chi connectivity index (χ1) is 8.52. The summed E-state index contributed by atoms with van der Waals surface area (Å²) in [4.78, 5) is 3.98. The van der Waals surface area contributed by atoms with Crippen molar-refractivity contribution < 1.29 is 13.5 Å². The second kappa shape index (κ2) is 4.60. The lowest BCUT2D eigenvalue weighted by atomic mass is 10.1. The molecule has 2 N–H and O–H groups in total. The highest BCUT2D eigenvalue weighted by molar-refractivity contribution is 5.74. The van der Waals surface area contributed by atoms with Gasteiger partial charge in [0.2, 0.25) is 0 Å². The maximum atomic E-state index is 13.8. The van der Waals surface area contributed by atoms with Crippen molar-refractivity contribution in [3.05, 3.63) is 41.6 Å². The molecule has 1 aromatic heterocycles. The highest BCUT2D eigenvalue weighted by Gasteiger charge is 2.17. The third-order valence-corrected chi connectivity index (χ3v) is 2.54. The van der Waals surface area contributed by atoms with E-state index in [9.17, 15) is 8.78 Å². The monoisotopic (exact) mass is 250 g/mol. The predicted molar refractivity (Wildman–Crippen MR) is 65.3 cm³/mol. The number of halogens is 2. The Labute approximate surface area is 103 Å². The minimum atomic E-state index is -0.755. The number of methoxy groups -OCH3 is 1. The van der Waals surface area contributed by atoms with Gasteiger partial charge >= 0.3 is 0 Å². The van der Waals surface area contributed by atoms with Gasteiger partial charge in [0.15, 0.2) is 0 Å². The van der Waals surface area contributed by atoms with Gasteiger partial charge in [0, 0.05) is 18.3 Å². The molecule has 0 amide bonds. The molecule has 0 unspecified atom stereocenters. The molecule has 1 heterocycles. The van der Waals surface area contributed by atoms with Crippen LogP contribution < -0.4 is 10.5 Å². The van der Waals surface area contributed by atoms with Crippen LogP contribution in [-0.2, 0) is 0 Å². The average Bonchev–Trinajstić information content (AvgIpc) is 2.30. The molecule has 1 aromatic carbocycles. The second-order valence-electron chi connectivity index (χ2n) is 3.92. The summed E-state index contributed by atoms with van der Waals surface area (Å²) in [7, 11) is 1.34. The molecule has 0 saturated carbocycles. The summed E-state index contributed by atoms with van der Waals surface area (Å²) in [5.74, 6) is -1.40. The maximum absolute atomic E-state index is 13.8. The topological polar surface area (TPSA) is 48.1 Å². The zero-order valence-corrected chi connectivity index (χ0v) is 10.00. The molecule has 5 heteroatoms. The number of aryl methyl sites for hydroxylation is 1. The van der Waals surface area contributed by atoms with E-state index in [0.29, 0.717) is 0 Å². The van der Waals surface area contributed by atoms with Gasteiger partial charge in [-0.15, -0.1) is 0 Å². The molecule has 18 heavy (non-hydrogen) atoms. The van der Waals surface area contributed by atoms with Crippen molar-refractivity contribution >= 4 is 5.69 Å². The van der Waals surface area contributed by atoms with Crippen molar-refractivity contribution in [3.63, 3.8) is 0 Å². The molecule has 0 radical (unpaired) electrons. The van der Waals surface area contributed by atoms with Crippen LogP contribution in [0.3, 0.4) is 0 Å². The van der Waals surface area contributed by atoms with Crippen LogP contribution in [0, 0.1) is 18.6 Å². The fourth-order valence-corrected chi connectivity index (χ4v) is 1.69. The van der Waals surface area contributed by atoms with Gasteiger partial charge in [-0.3, -0.25) is 4.98 Å². The zero-order chi connectivity index (χ0) is 13.3. The SMILES string of the molecule is COc1cc(F)c(-c2ncc(C)cc2N)c(F)c1. The number of aromatic nitrogens is 1. The van der Waals surface area contributed by atoms with E-state index < -0.39 is 11.6 Å². The van der Waals surface area contributed by atoms with E-state index in [4.69, 9.17) is 10.5 Å². The molecule has 0 aliphatic carbocycles. The van der Waals surface area contributed by atoms with E-state index in [-0.39, 0.29) is 22.7 Å². The summed E-state index contributed by atoms with van der Waals surface area (Å²) in [6, 6.07) is 3.81. The predicted octanol–water partition coefficient (Wildman–Crippen LogP) is 2.93. The van der Waals surface area contributed by atoms with Crippen LogP contribution in [0.2, 0.25) is 0 Å². The maximum Gasteiger partial charge on any atom is 0.139 e. The molecule has 0 spiro atoms. The number of hydrogen-bond donors (Lipinski definition) is 1. The van der Waals surface area contributed by atoms with Gasteiger partial charge in [0.25, 0.3) is 0 Å². The number of rotatable bonds is 2. The third-order valence-electron chi connectivity index (χ3n) is 2.54. The Morgan fingerprint density at radius 2 is 1.78 bits per heavy atom. The summed E-state index contributed by atoms with van der Waals surface area (Å²) in [6.07, 6.45) is 1.51. The Morgan fingerprint density at radius 3 is 2.28 bits per heavy atom. The van der Waals surface area contributed by atoms with Crippen LogP contribution >= 0.6 is 0 Å². The van der Waals surface area contributed by atoms with Crippen LogP contribution in [0.15, 0.2) is 24.4 Å². The number of nitrogen functional groups attached to an aromatic ring is 1. The van der Waals surface area contributed by atoms with Crippen molar-refractivity contribution in [3.8, 4) is 17.0 Å². The van der Waals surface area contributed by atoms with Crippen LogP contribution in [0.5, 0.6) is 5.75 Å². The van der Waals surface area contributed by atoms with Gasteiger partial charge in [-0.05, 0) is 18.6 Å². The zero-order valence-electron chi connectivity index (χ0n) is 10.00. The first kappa shape index (κ1) is 12.3. The second-order valence-corrected chi connectivity index (χ2v) is 3.92. The molecule has 0 bridgehead atoms. The lowest BCUT2D eigenvalue weighted by Gasteiger charge is -2.09. The van der Waals surface area contributed by atoms with E-state index in [1.807, 2.05) is 0 Å². The summed E-state index contributed by atoms with van der Waals surface area (Å²) >= 11 is 0. The molecule has 2 rings (SSSR count). The molecule has 3 nitrogen and oxygen atoms in total. The highest BCUT2D eigenvalue weighted by Crippen LogP contribution is 2.31. The highest BCUT2D eigenvalue weighted by atomic mass is 19.1. The number of benzene rings is 1. The van der Waals surface area contributed by atoms with E-state index >= 15 is 0 Å². The number of hydrogen-bond acceptors (Lipinski definition) is 3. The molecule has 0 aliphatic heterocycles. The fraction of sp³-hybridized carbons (Fsp3) is 0.154. The van der Waals surface area contributed by atoms with Crippen molar-refractivity contribution in [2.24, 2.45) is 0 Å². The van der Waals surface area contributed by atoms with Gasteiger partial charge in [-0.25, -0.2) is 8.78 Å². The van der Waals surface area contributed by atoms with Crippen molar-refractivity contribution in [2.45, 2.75) is 6.92 Å². The molecule has 0 fully saturated rings. The van der Waals surface area contributed by atoms with Gasteiger partial charge in [0.1, 0.15) is 17.4 Å². The minimum Gasteiger partial charge on any atom is -0.497 e. The minimum absolute atomic E-state index is 0.0956. The number of pyridine rings is 1. The van der Waals surface area contributed by atoms with E-state index in [0.717, 1.165) is 17.7 Å². The molecule has 0 atom stereocenters. The van der Waals surface area contributed by atoms with Crippen LogP contribution in [0.25, 0.3) is 11.3 Å². The van der Waals surface area contributed by atoms with E-state index in [1.165, 1.54) is 13.3 Å². The van der Waals surface area contributed by atoms with Crippen molar-refractivity contribution in [2.75, 3.05) is 12.8 Å². The quantitative estimate of drug-likeness (QED) is 0.891. The van der Waals surface area contributed by atoms with E-state index in [2.05, 4.69) is 4.98 Å². The molecule has 2 aromatic rings. The average molecular weight is 250 g/mol. The Morgan fingerprint density at radius 1 is 1.17 bits per heavy atom. The Bertz CT molecular complexity index is 577. The largest absolute Gasteiger partial charge is 0.497 e. The molecule has 94 valence electrons. The normalized spacial score (nSPS) is 10.4. The van der Waals surface area contributed by atoms with Gasteiger partial charge in [-0.2, -0.15) is 0 Å². The fourth-order valence-electron chi connectivity index (χ4n) is 1.69. The Balaban J connectivity index is 2.64. The molecule has 0 saturated heterocycles. The number of anilines is 1. The summed E-state index contributed by atoms with van der Waals surface area (Å²) in [5.41, 5.74) is 6.65. The van der Waals surface area contributed by atoms with Gasteiger partial charge in [0.05, 0.1) is 24.1 Å². The first-order valence-corrected chi connectivity index (χ1v) is 5.28. The van der Waals surface area contributed by atoms with Crippen LogP contribution in [-0.4, -0.2) is 12.1 Å². The van der Waals surface area contributed by atoms with E-state index in [1.54, 1.807) is 13.0 Å². The Kier molecular flexibility index (Phi) is 3.14. The van der Waals surface area contributed by atoms with Crippen molar-refractivity contribution in [1.82, 2.24) is 4.98 Å². The molecular weight excluding hydrogens is 238 g/mol. The lowest BCUT2D eigenvalue weighted by Crippen LogP contribution is -1.99. The van der Waals surface area contributed by atoms with Gasteiger partial charge in [-0.1, -0.05) is 0 Å². The summed E-state index contributed by atoms with van der Waals surface area (Å²) in [6.45, 7) is 1.80. The third kappa shape index (κ3) is 2.11. The summed E-state index contributed by atoms with van der Waals surface area (Å²) in [5, 5.41) is 0.